The zero-order chi connectivity index (χ0) is 13.9. The van der Waals surface area contributed by atoms with E-state index in [1.807, 2.05) is 6.92 Å². The molecule has 1 aliphatic rings. The van der Waals surface area contributed by atoms with E-state index in [2.05, 4.69) is 24.0 Å². The lowest BCUT2D eigenvalue weighted by Crippen LogP contribution is -2.28. The minimum atomic E-state index is -0.342. The van der Waals surface area contributed by atoms with E-state index >= 15 is 0 Å². The molecule has 0 radical (unpaired) electrons. The highest BCUT2D eigenvalue weighted by molar-refractivity contribution is 5.06. The number of hydrogen-bond donors (Lipinski definition) is 1. The van der Waals surface area contributed by atoms with E-state index in [-0.39, 0.29) is 11.6 Å². The first-order chi connectivity index (χ1) is 9.13. The molecule has 0 aromatic carbocycles. The van der Waals surface area contributed by atoms with Gasteiger partial charge in [-0.1, -0.05) is 25.4 Å². The maximum atomic E-state index is 6.14. The molecule has 2 rings (SSSR count). The van der Waals surface area contributed by atoms with E-state index in [0.717, 1.165) is 32.1 Å². The average Bonchev–Trinajstić information content (AvgIpc) is 3.06. The molecule has 1 aliphatic carbocycles. The summed E-state index contributed by atoms with van der Waals surface area (Å²) in [5, 5.41) is 4.14. The highest BCUT2D eigenvalue weighted by Gasteiger charge is 2.41. The Balaban J connectivity index is 2.19. The van der Waals surface area contributed by atoms with Crippen LogP contribution in [0.25, 0.3) is 0 Å². The quantitative estimate of drug-likeness (QED) is 0.857. The molecule has 2 atom stereocenters. The minimum absolute atomic E-state index is 0.189. The molecule has 1 unspecified atom stereocenters. The fourth-order valence-corrected chi connectivity index (χ4v) is 2.71. The van der Waals surface area contributed by atoms with Gasteiger partial charge in [-0.25, -0.2) is 0 Å². The van der Waals surface area contributed by atoms with E-state index < -0.39 is 0 Å². The fourth-order valence-electron chi connectivity index (χ4n) is 2.71. The van der Waals surface area contributed by atoms with Gasteiger partial charge in [0, 0.05) is 6.61 Å². The van der Waals surface area contributed by atoms with Crippen LogP contribution in [0.15, 0.2) is 4.52 Å². The lowest BCUT2D eigenvalue weighted by atomic mass is 9.99. The molecule has 0 amide bonds. The van der Waals surface area contributed by atoms with Crippen LogP contribution in [0.1, 0.15) is 70.6 Å². The van der Waals surface area contributed by atoms with Gasteiger partial charge < -0.3 is 15.0 Å². The van der Waals surface area contributed by atoms with Crippen LogP contribution < -0.4 is 5.73 Å². The Morgan fingerprint density at radius 1 is 1.37 bits per heavy atom. The Morgan fingerprint density at radius 2 is 2.05 bits per heavy atom. The van der Waals surface area contributed by atoms with Crippen LogP contribution in [0.2, 0.25) is 0 Å². The predicted octanol–water partition coefficient (Wildman–Crippen LogP) is 2.92. The van der Waals surface area contributed by atoms with Gasteiger partial charge in [0.25, 0.3) is 0 Å². The number of ether oxygens (including phenoxy) is 1. The maximum Gasteiger partial charge on any atom is 0.243 e. The lowest BCUT2D eigenvalue weighted by Gasteiger charge is -2.24. The van der Waals surface area contributed by atoms with Gasteiger partial charge in [-0.3, -0.25) is 0 Å². The summed E-state index contributed by atoms with van der Waals surface area (Å²) < 4.78 is 11.3. The molecule has 5 heteroatoms. The third-order valence-corrected chi connectivity index (χ3v) is 4.22. The van der Waals surface area contributed by atoms with Crippen molar-refractivity contribution in [3.8, 4) is 0 Å². The van der Waals surface area contributed by atoms with Crippen LogP contribution in [-0.2, 0) is 10.3 Å². The molecular formula is C14H25N3O2. The van der Waals surface area contributed by atoms with Gasteiger partial charge in [0.15, 0.2) is 0 Å². The second-order valence-corrected chi connectivity index (χ2v) is 5.50. The van der Waals surface area contributed by atoms with Gasteiger partial charge in [-0.05, 0) is 38.5 Å². The van der Waals surface area contributed by atoms with E-state index in [4.69, 9.17) is 15.0 Å². The summed E-state index contributed by atoms with van der Waals surface area (Å²) in [4.78, 5) is 4.52. The van der Waals surface area contributed by atoms with E-state index in [0.29, 0.717) is 24.2 Å². The van der Waals surface area contributed by atoms with Crippen molar-refractivity contribution in [3.05, 3.63) is 11.7 Å². The van der Waals surface area contributed by atoms with Crippen molar-refractivity contribution >= 4 is 0 Å². The van der Waals surface area contributed by atoms with Crippen LogP contribution >= 0.6 is 0 Å². The Bertz CT molecular complexity index is 399. The van der Waals surface area contributed by atoms with Crippen molar-refractivity contribution in [2.75, 3.05) is 6.61 Å². The van der Waals surface area contributed by atoms with E-state index in [1.165, 1.54) is 0 Å². The van der Waals surface area contributed by atoms with Crippen LogP contribution in [0, 0.1) is 5.92 Å². The van der Waals surface area contributed by atoms with E-state index in [1.54, 1.807) is 0 Å². The van der Waals surface area contributed by atoms with E-state index in [9.17, 15) is 0 Å². The van der Waals surface area contributed by atoms with Crippen molar-refractivity contribution in [2.24, 2.45) is 11.7 Å². The van der Waals surface area contributed by atoms with Crippen LogP contribution in [0.4, 0.5) is 0 Å². The zero-order valence-electron chi connectivity index (χ0n) is 12.2. The van der Waals surface area contributed by atoms with Crippen LogP contribution in [0.3, 0.4) is 0 Å². The number of nitrogens with two attached hydrogens (primary N) is 1. The van der Waals surface area contributed by atoms with Crippen molar-refractivity contribution in [2.45, 2.75) is 64.5 Å². The van der Waals surface area contributed by atoms with Gasteiger partial charge in [0.1, 0.15) is 5.60 Å². The summed E-state index contributed by atoms with van der Waals surface area (Å²) in [5.74, 6) is 1.55. The molecule has 0 spiro atoms. The Hall–Kier alpha value is -0.940. The van der Waals surface area contributed by atoms with Crippen molar-refractivity contribution in [3.63, 3.8) is 0 Å². The molecule has 1 aromatic heterocycles. The molecule has 0 bridgehead atoms. The monoisotopic (exact) mass is 267 g/mol. The smallest absolute Gasteiger partial charge is 0.243 e. The molecule has 2 N–H and O–H groups in total. The largest absolute Gasteiger partial charge is 0.367 e. The third-order valence-electron chi connectivity index (χ3n) is 4.22. The lowest BCUT2D eigenvalue weighted by molar-refractivity contribution is -0.0469. The molecule has 5 nitrogen and oxygen atoms in total. The fraction of sp³-hybridized carbons (Fsp3) is 0.857. The number of rotatable bonds is 6. The highest BCUT2D eigenvalue weighted by Crippen LogP contribution is 2.41. The second-order valence-electron chi connectivity index (χ2n) is 5.50. The molecule has 0 aliphatic heterocycles. The first kappa shape index (κ1) is 14.5. The summed E-state index contributed by atoms with van der Waals surface area (Å²) in [6.45, 7) is 6.89. The Kier molecular flexibility index (Phi) is 4.58. The highest BCUT2D eigenvalue weighted by atomic mass is 16.5. The molecule has 108 valence electrons. The zero-order valence-corrected chi connectivity index (χ0v) is 12.2. The summed E-state index contributed by atoms with van der Waals surface area (Å²) >= 11 is 0. The average molecular weight is 267 g/mol. The standard InChI is InChI=1S/C14H25N3O2/c1-4-10(3)11(15)12-16-13(17-19-12)14(18-5-2)8-6-7-9-14/h10-11H,4-9,15H2,1-3H3/t10?,11-/m0/s1. The van der Waals surface area contributed by atoms with Crippen LogP contribution in [0.5, 0.6) is 0 Å². The third kappa shape index (κ3) is 2.82. The SMILES string of the molecule is CCOC1(c2noc([C@@H](N)C(C)CC)n2)CCCC1. The van der Waals surface area contributed by atoms with Gasteiger partial charge in [-0.2, -0.15) is 4.98 Å². The Morgan fingerprint density at radius 3 is 2.63 bits per heavy atom. The number of hydrogen-bond acceptors (Lipinski definition) is 5. The number of nitrogens with zero attached hydrogens (tertiary/aromatic N) is 2. The molecule has 1 fully saturated rings. The maximum absolute atomic E-state index is 6.14. The summed E-state index contributed by atoms with van der Waals surface area (Å²) in [7, 11) is 0. The van der Waals surface area contributed by atoms with Gasteiger partial charge in [0.05, 0.1) is 6.04 Å². The topological polar surface area (TPSA) is 74.2 Å². The number of aromatic nitrogens is 2. The first-order valence-corrected chi connectivity index (χ1v) is 7.36. The Labute approximate surface area is 114 Å². The molecule has 1 heterocycles. The predicted molar refractivity (Wildman–Crippen MR) is 72.5 cm³/mol. The molecule has 19 heavy (non-hydrogen) atoms. The normalized spacial score (nSPS) is 21.5. The van der Waals surface area contributed by atoms with Crippen molar-refractivity contribution in [1.82, 2.24) is 10.1 Å². The van der Waals surface area contributed by atoms with Gasteiger partial charge >= 0.3 is 0 Å². The molecule has 1 aromatic rings. The molecule has 0 saturated heterocycles. The van der Waals surface area contributed by atoms with Gasteiger partial charge in [0.2, 0.25) is 11.7 Å². The minimum Gasteiger partial charge on any atom is -0.367 e. The van der Waals surface area contributed by atoms with Gasteiger partial charge in [-0.15, -0.1) is 0 Å². The molecule has 1 saturated carbocycles. The van der Waals surface area contributed by atoms with Crippen molar-refractivity contribution < 1.29 is 9.26 Å². The van der Waals surface area contributed by atoms with Crippen molar-refractivity contribution in [1.29, 1.82) is 0 Å². The molecular weight excluding hydrogens is 242 g/mol. The summed E-state index contributed by atoms with van der Waals surface area (Å²) in [6.07, 6.45) is 5.24. The van der Waals surface area contributed by atoms with Crippen LogP contribution in [-0.4, -0.2) is 16.7 Å². The second kappa shape index (κ2) is 6.01. The summed E-state index contributed by atoms with van der Waals surface area (Å²) in [5.41, 5.74) is 5.80. The summed E-state index contributed by atoms with van der Waals surface area (Å²) in [6, 6.07) is -0.189. The first-order valence-electron chi connectivity index (χ1n) is 7.36.